The van der Waals surface area contributed by atoms with E-state index in [-0.39, 0.29) is 0 Å². The second-order valence-electron chi connectivity index (χ2n) is 4.92. The zero-order chi connectivity index (χ0) is 12.4. The van der Waals surface area contributed by atoms with E-state index >= 15 is 0 Å². The van der Waals surface area contributed by atoms with E-state index in [1.807, 2.05) is 0 Å². The summed E-state index contributed by atoms with van der Waals surface area (Å²) in [6.07, 6.45) is 3.38. The average Bonchev–Trinajstić information content (AvgIpc) is 2.63. The first-order chi connectivity index (χ1) is 8.84. The SMILES string of the molecule is Nc1cc2c(cc1N1CCOCC1)OCCCC2. The number of aryl methyl sites for hydroxylation is 1. The number of morpholine rings is 1. The fraction of sp³-hybridized carbons (Fsp3) is 0.571. The Balaban J connectivity index is 1.92. The zero-order valence-corrected chi connectivity index (χ0v) is 10.7. The number of ether oxygens (including phenoxy) is 2. The van der Waals surface area contributed by atoms with Crippen molar-refractivity contribution in [1.82, 2.24) is 0 Å². The third-order valence-electron chi connectivity index (χ3n) is 3.66. The summed E-state index contributed by atoms with van der Waals surface area (Å²) >= 11 is 0. The maximum absolute atomic E-state index is 6.19. The number of hydrogen-bond donors (Lipinski definition) is 1. The van der Waals surface area contributed by atoms with E-state index < -0.39 is 0 Å². The van der Waals surface area contributed by atoms with Gasteiger partial charge in [0.15, 0.2) is 0 Å². The molecule has 98 valence electrons. The molecular formula is C14H20N2O2. The van der Waals surface area contributed by atoms with Gasteiger partial charge in [-0.05, 0) is 30.9 Å². The van der Waals surface area contributed by atoms with Crippen LogP contribution < -0.4 is 15.4 Å². The summed E-state index contributed by atoms with van der Waals surface area (Å²) in [6, 6.07) is 4.20. The minimum absolute atomic E-state index is 0.775. The van der Waals surface area contributed by atoms with Crippen LogP contribution >= 0.6 is 0 Å². The maximum Gasteiger partial charge on any atom is 0.124 e. The van der Waals surface area contributed by atoms with E-state index in [0.29, 0.717) is 0 Å². The number of anilines is 2. The van der Waals surface area contributed by atoms with Crippen LogP contribution in [-0.4, -0.2) is 32.9 Å². The molecule has 0 bridgehead atoms. The van der Waals surface area contributed by atoms with Crippen LogP contribution in [0.3, 0.4) is 0 Å². The molecule has 4 heteroatoms. The first kappa shape index (κ1) is 11.7. The van der Waals surface area contributed by atoms with Crippen molar-refractivity contribution < 1.29 is 9.47 Å². The highest BCUT2D eigenvalue weighted by Gasteiger charge is 2.18. The van der Waals surface area contributed by atoms with Crippen molar-refractivity contribution in [2.75, 3.05) is 43.5 Å². The summed E-state index contributed by atoms with van der Waals surface area (Å²) in [5.74, 6) is 1.02. The summed E-state index contributed by atoms with van der Waals surface area (Å²) < 4.78 is 11.2. The van der Waals surface area contributed by atoms with Crippen LogP contribution in [0.25, 0.3) is 0 Å². The van der Waals surface area contributed by atoms with Gasteiger partial charge in [0, 0.05) is 19.2 Å². The van der Waals surface area contributed by atoms with Gasteiger partial charge in [-0.2, -0.15) is 0 Å². The highest BCUT2D eigenvalue weighted by molar-refractivity contribution is 5.71. The van der Waals surface area contributed by atoms with Gasteiger partial charge in [-0.15, -0.1) is 0 Å². The van der Waals surface area contributed by atoms with Gasteiger partial charge in [0.1, 0.15) is 5.75 Å². The molecule has 0 saturated carbocycles. The number of fused-ring (bicyclic) bond motifs is 1. The third-order valence-corrected chi connectivity index (χ3v) is 3.66. The summed E-state index contributed by atoms with van der Waals surface area (Å²) in [5, 5.41) is 0. The van der Waals surface area contributed by atoms with Crippen molar-refractivity contribution in [3.8, 4) is 5.75 Å². The molecule has 4 nitrogen and oxygen atoms in total. The van der Waals surface area contributed by atoms with Crippen LogP contribution in [0.1, 0.15) is 18.4 Å². The molecule has 0 spiro atoms. The van der Waals surface area contributed by atoms with Crippen LogP contribution in [0.4, 0.5) is 11.4 Å². The van der Waals surface area contributed by atoms with E-state index in [9.17, 15) is 0 Å². The van der Waals surface area contributed by atoms with Crippen LogP contribution in [-0.2, 0) is 11.2 Å². The normalized spacial score (nSPS) is 19.9. The van der Waals surface area contributed by atoms with Crippen LogP contribution in [0, 0.1) is 0 Å². The fourth-order valence-corrected chi connectivity index (χ4v) is 2.64. The Hall–Kier alpha value is -1.42. The molecule has 1 aromatic rings. The zero-order valence-electron chi connectivity index (χ0n) is 10.7. The molecule has 0 aliphatic carbocycles. The molecule has 2 aliphatic heterocycles. The third kappa shape index (κ3) is 2.25. The van der Waals surface area contributed by atoms with Crippen molar-refractivity contribution in [2.24, 2.45) is 0 Å². The molecule has 0 amide bonds. The number of nitrogen functional groups attached to an aromatic ring is 1. The number of rotatable bonds is 1. The minimum Gasteiger partial charge on any atom is -0.493 e. The average molecular weight is 248 g/mol. The lowest BCUT2D eigenvalue weighted by Gasteiger charge is -2.30. The second-order valence-corrected chi connectivity index (χ2v) is 4.92. The predicted octanol–water partition coefficient (Wildman–Crippen LogP) is 1.82. The predicted molar refractivity (Wildman–Crippen MR) is 72.3 cm³/mol. The van der Waals surface area contributed by atoms with E-state index in [2.05, 4.69) is 17.0 Å². The Morgan fingerprint density at radius 1 is 1.06 bits per heavy atom. The molecule has 1 fully saturated rings. The Kier molecular flexibility index (Phi) is 3.28. The van der Waals surface area contributed by atoms with Crippen LogP contribution in [0.2, 0.25) is 0 Å². The topological polar surface area (TPSA) is 47.7 Å². The Morgan fingerprint density at radius 3 is 2.72 bits per heavy atom. The molecular weight excluding hydrogens is 228 g/mol. The quantitative estimate of drug-likeness (QED) is 0.770. The smallest absolute Gasteiger partial charge is 0.124 e. The Labute approximate surface area is 108 Å². The van der Waals surface area contributed by atoms with E-state index in [1.54, 1.807) is 0 Å². The largest absolute Gasteiger partial charge is 0.493 e. The molecule has 0 radical (unpaired) electrons. The van der Waals surface area contributed by atoms with Crippen molar-refractivity contribution in [1.29, 1.82) is 0 Å². The van der Waals surface area contributed by atoms with Gasteiger partial charge in [0.2, 0.25) is 0 Å². The second kappa shape index (κ2) is 5.06. The summed E-state index contributed by atoms with van der Waals surface area (Å²) in [4.78, 5) is 2.29. The molecule has 2 N–H and O–H groups in total. The molecule has 18 heavy (non-hydrogen) atoms. The minimum atomic E-state index is 0.775. The number of nitrogens with zero attached hydrogens (tertiary/aromatic N) is 1. The lowest BCUT2D eigenvalue weighted by atomic mass is 10.1. The Morgan fingerprint density at radius 2 is 1.89 bits per heavy atom. The van der Waals surface area contributed by atoms with Gasteiger partial charge in [-0.1, -0.05) is 0 Å². The molecule has 1 aromatic carbocycles. The Bertz CT molecular complexity index is 428. The van der Waals surface area contributed by atoms with Crippen LogP contribution in [0.15, 0.2) is 12.1 Å². The molecule has 0 aromatic heterocycles. The molecule has 2 aliphatic rings. The van der Waals surface area contributed by atoms with Crippen molar-refractivity contribution in [3.63, 3.8) is 0 Å². The van der Waals surface area contributed by atoms with Gasteiger partial charge >= 0.3 is 0 Å². The van der Waals surface area contributed by atoms with Crippen molar-refractivity contribution >= 4 is 11.4 Å². The number of hydrogen-bond acceptors (Lipinski definition) is 4. The maximum atomic E-state index is 6.19. The van der Waals surface area contributed by atoms with E-state index in [0.717, 1.165) is 62.9 Å². The lowest BCUT2D eigenvalue weighted by molar-refractivity contribution is 0.122. The van der Waals surface area contributed by atoms with Crippen LogP contribution in [0.5, 0.6) is 5.75 Å². The van der Waals surface area contributed by atoms with Gasteiger partial charge in [-0.3, -0.25) is 0 Å². The lowest BCUT2D eigenvalue weighted by Crippen LogP contribution is -2.36. The van der Waals surface area contributed by atoms with Crippen molar-refractivity contribution in [2.45, 2.75) is 19.3 Å². The molecule has 0 unspecified atom stereocenters. The first-order valence-corrected chi connectivity index (χ1v) is 6.72. The molecule has 2 heterocycles. The summed E-state index contributed by atoms with van der Waals surface area (Å²) in [6.45, 7) is 4.18. The highest BCUT2D eigenvalue weighted by atomic mass is 16.5. The van der Waals surface area contributed by atoms with Gasteiger partial charge in [0.25, 0.3) is 0 Å². The standard InChI is InChI=1S/C14H20N2O2/c15-12-9-11-3-1-2-6-18-14(11)10-13(12)16-4-7-17-8-5-16/h9-10H,1-8,15H2. The molecule has 0 atom stereocenters. The van der Waals surface area contributed by atoms with E-state index in [1.165, 1.54) is 12.0 Å². The fourth-order valence-electron chi connectivity index (χ4n) is 2.64. The van der Waals surface area contributed by atoms with Gasteiger partial charge < -0.3 is 20.1 Å². The molecule has 3 rings (SSSR count). The van der Waals surface area contributed by atoms with Crippen molar-refractivity contribution in [3.05, 3.63) is 17.7 Å². The summed E-state index contributed by atoms with van der Waals surface area (Å²) in [5.41, 5.74) is 9.40. The van der Waals surface area contributed by atoms with Gasteiger partial charge in [-0.25, -0.2) is 0 Å². The first-order valence-electron chi connectivity index (χ1n) is 6.72. The number of benzene rings is 1. The highest BCUT2D eigenvalue weighted by Crippen LogP contribution is 2.34. The van der Waals surface area contributed by atoms with Gasteiger partial charge in [0.05, 0.1) is 31.2 Å². The molecule has 1 saturated heterocycles. The number of nitrogens with two attached hydrogens (primary N) is 1. The van der Waals surface area contributed by atoms with E-state index in [4.69, 9.17) is 15.2 Å². The monoisotopic (exact) mass is 248 g/mol. The summed E-state index contributed by atoms with van der Waals surface area (Å²) in [7, 11) is 0.